The van der Waals surface area contributed by atoms with Crippen LogP contribution >= 0.6 is 0 Å². The van der Waals surface area contributed by atoms with E-state index in [4.69, 9.17) is 4.74 Å². The minimum Gasteiger partial charge on any atom is -0.508 e. The molecular weight excluding hydrogens is 268 g/mol. The van der Waals surface area contributed by atoms with Gasteiger partial charge in [0.15, 0.2) is 0 Å². The summed E-state index contributed by atoms with van der Waals surface area (Å²) in [7, 11) is 0. The Morgan fingerprint density at radius 3 is 2.62 bits per heavy atom. The van der Waals surface area contributed by atoms with Crippen molar-refractivity contribution in [1.29, 1.82) is 0 Å². The Hall–Kier alpha value is -2.75. The maximum absolute atomic E-state index is 11.6. The van der Waals surface area contributed by atoms with E-state index in [-0.39, 0.29) is 17.9 Å². The molecule has 4 heteroatoms. The van der Waals surface area contributed by atoms with Crippen LogP contribution in [0.3, 0.4) is 0 Å². The molecule has 0 aliphatic rings. The van der Waals surface area contributed by atoms with Crippen molar-refractivity contribution >= 4 is 12.0 Å². The summed E-state index contributed by atoms with van der Waals surface area (Å²) in [4.78, 5) is 11.6. The van der Waals surface area contributed by atoms with Crippen molar-refractivity contribution in [2.75, 3.05) is 0 Å². The fourth-order valence-corrected chi connectivity index (χ4v) is 1.82. The third-order valence-electron chi connectivity index (χ3n) is 2.92. The molecule has 0 aliphatic carbocycles. The standard InChI is InChI=1S/C17H16O4/c18-15-7-8-16(19)14(12-15)6-9-17(20)21-11-10-13-4-2-1-3-5-13/h1-5,7-8,10-12,18-19H,6,9H2. The van der Waals surface area contributed by atoms with Gasteiger partial charge in [0, 0.05) is 0 Å². The second kappa shape index (κ2) is 7.14. The second-order valence-corrected chi connectivity index (χ2v) is 4.52. The Balaban J connectivity index is 1.82. The fourth-order valence-electron chi connectivity index (χ4n) is 1.82. The van der Waals surface area contributed by atoms with Gasteiger partial charge in [-0.15, -0.1) is 0 Å². The van der Waals surface area contributed by atoms with E-state index < -0.39 is 5.97 Å². The molecule has 0 saturated heterocycles. The molecule has 0 radical (unpaired) electrons. The number of phenols is 2. The summed E-state index contributed by atoms with van der Waals surface area (Å²) >= 11 is 0. The van der Waals surface area contributed by atoms with Gasteiger partial charge in [0.05, 0.1) is 12.7 Å². The van der Waals surface area contributed by atoms with E-state index >= 15 is 0 Å². The maximum Gasteiger partial charge on any atom is 0.310 e. The Bertz CT molecular complexity index is 632. The van der Waals surface area contributed by atoms with Gasteiger partial charge in [-0.3, -0.25) is 4.79 Å². The summed E-state index contributed by atoms with van der Waals surface area (Å²) in [6.07, 6.45) is 3.47. The van der Waals surface area contributed by atoms with Crippen LogP contribution in [-0.2, 0) is 16.0 Å². The Kier molecular flexibility index (Phi) is 4.99. The van der Waals surface area contributed by atoms with Gasteiger partial charge < -0.3 is 14.9 Å². The Morgan fingerprint density at radius 1 is 1.10 bits per heavy atom. The van der Waals surface area contributed by atoms with Crippen molar-refractivity contribution in [3.63, 3.8) is 0 Å². The van der Waals surface area contributed by atoms with Crippen LogP contribution in [0, 0.1) is 0 Å². The minimum absolute atomic E-state index is 0.0557. The van der Waals surface area contributed by atoms with E-state index in [1.165, 1.54) is 24.5 Å². The first-order valence-corrected chi connectivity index (χ1v) is 6.57. The molecule has 0 fully saturated rings. The number of aryl methyl sites for hydroxylation is 1. The highest BCUT2D eigenvalue weighted by atomic mass is 16.5. The van der Waals surface area contributed by atoms with Crippen LogP contribution < -0.4 is 0 Å². The molecule has 0 amide bonds. The number of carbonyl (C=O) groups excluding carboxylic acids is 1. The van der Waals surface area contributed by atoms with Gasteiger partial charge in [-0.1, -0.05) is 30.3 Å². The largest absolute Gasteiger partial charge is 0.508 e. The molecule has 0 heterocycles. The highest BCUT2D eigenvalue weighted by Crippen LogP contribution is 2.23. The van der Waals surface area contributed by atoms with E-state index in [0.29, 0.717) is 12.0 Å². The summed E-state index contributed by atoms with van der Waals surface area (Å²) in [5, 5.41) is 18.9. The Morgan fingerprint density at radius 2 is 1.86 bits per heavy atom. The lowest BCUT2D eigenvalue weighted by Crippen LogP contribution is -2.01. The SMILES string of the molecule is O=C(CCc1cc(O)ccc1O)OC=Cc1ccccc1. The number of aromatic hydroxyl groups is 2. The average Bonchev–Trinajstić information content (AvgIpc) is 2.49. The summed E-state index contributed by atoms with van der Waals surface area (Å²) in [6, 6.07) is 13.7. The topological polar surface area (TPSA) is 66.8 Å². The smallest absolute Gasteiger partial charge is 0.310 e. The molecule has 0 spiro atoms. The van der Waals surface area contributed by atoms with E-state index in [0.717, 1.165) is 5.56 Å². The highest BCUT2D eigenvalue weighted by molar-refractivity contribution is 5.71. The molecule has 108 valence electrons. The summed E-state index contributed by atoms with van der Waals surface area (Å²) in [5.74, 6) is -0.287. The van der Waals surface area contributed by atoms with Gasteiger partial charge in [-0.05, 0) is 41.8 Å². The average molecular weight is 284 g/mol. The number of benzene rings is 2. The van der Waals surface area contributed by atoms with Crippen LogP contribution in [-0.4, -0.2) is 16.2 Å². The van der Waals surface area contributed by atoms with Crippen molar-refractivity contribution in [1.82, 2.24) is 0 Å². The lowest BCUT2D eigenvalue weighted by atomic mass is 10.1. The summed E-state index contributed by atoms with van der Waals surface area (Å²) in [5.41, 5.74) is 1.45. The summed E-state index contributed by atoms with van der Waals surface area (Å²) in [6.45, 7) is 0. The fraction of sp³-hybridized carbons (Fsp3) is 0.118. The van der Waals surface area contributed by atoms with Gasteiger partial charge in [0.25, 0.3) is 0 Å². The molecule has 2 rings (SSSR count). The zero-order valence-electron chi connectivity index (χ0n) is 11.4. The van der Waals surface area contributed by atoms with Gasteiger partial charge in [0.2, 0.25) is 0 Å². The monoisotopic (exact) mass is 284 g/mol. The molecular formula is C17H16O4. The van der Waals surface area contributed by atoms with Gasteiger partial charge >= 0.3 is 5.97 Å². The second-order valence-electron chi connectivity index (χ2n) is 4.52. The number of phenolic OH excluding ortho intramolecular Hbond substituents is 2. The molecule has 2 aromatic carbocycles. The highest BCUT2D eigenvalue weighted by Gasteiger charge is 2.07. The zero-order chi connectivity index (χ0) is 15.1. The number of carbonyl (C=O) groups is 1. The zero-order valence-corrected chi connectivity index (χ0v) is 11.4. The molecule has 2 N–H and O–H groups in total. The van der Waals surface area contributed by atoms with Crippen LogP contribution in [0.15, 0.2) is 54.8 Å². The van der Waals surface area contributed by atoms with E-state index in [2.05, 4.69) is 0 Å². The predicted octanol–water partition coefficient (Wildman–Crippen LogP) is 3.24. The van der Waals surface area contributed by atoms with Crippen molar-refractivity contribution in [2.24, 2.45) is 0 Å². The van der Waals surface area contributed by atoms with Crippen molar-refractivity contribution in [3.8, 4) is 11.5 Å². The lowest BCUT2D eigenvalue weighted by Gasteiger charge is -2.04. The van der Waals surface area contributed by atoms with Crippen molar-refractivity contribution < 1.29 is 19.7 Å². The number of rotatable bonds is 5. The Labute approximate surface area is 122 Å². The predicted molar refractivity (Wildman–Crippen MR) is 79.7 cm³/mol. The molecule has 0 aromatic heterocycles. The van der Waals surface area contributed by atoms with Crippen LogP contribution in [0.25, 0.3) is 6.08 Å². The molecule has 2 aromatic rings. The maximum atomic E-state index is 11.6. The number of hydrogen-bond acceptors (Lipinski definition) is 4. The van der Waals surface area contributed by atoms with Gasteiger partial charge in [0.1, 0.15) is 11.5 Å². The first-order chi connectivity index (χ1) is 10.1. The van der Waals surface area contributed by atoms with Crippen LogP contribution in [0.1, 0.15) is 17.5 Å². The third kappa shape index (κ3) is 4.69. The molecule has 21 heavy (non-hydrogen) atoms. The van der Waals surface area contributed by atoms with E-state index in [1.54, 1.807) is 6.08 Å². The van der Waals surface area contributed by atoms with Crippen LogP contribution in [0.2, 0.25) is 0 Å². The summed E-state index contributed by atoms with van der Waals surface area (Å²) < 4.78 is 4.97. The van der Waals surface area contributed by atoms with E-state index in [9.17, 15) is 15.0 Å². The first-order valence-electron chi connectivity index (χ1n) is 6.57. The minimum atomic E-state index is -0.398. The molecule has 0 unspecified atom stereocenters. The molecule has 4 nitrogen and oxygen atoms in total. The van der Waals surface area contributed by atoms with Crippen LogP contribution in [0.4, 0.5) is 0 Å². The van der Waals surface area contributed by atoms with Crippen molar-refractivity contribution in [2.45, 2.75) is 12.8 Å². The van der Waals surface area contributed by atoms with Gasteiger partial charge in [-0.2, -0.15) is 0 Å². The lowest BCUT2D eigenvalue weighted by molar-refractivity contribution is -0.137. The normalized spacial score (nSPS) is 10.7. The molecule has 0 aliphatic heterocycles. The van der Waals surface area contributed by atoms with Crippen LogP contribution in [0.5, 0.6) is 11.5 Å². The molecule has 0 saturated carbocycles. The van der Waals surface area contributed by atoms with Gasteiger partial charge in [-0.25, -0.2) is 0 Å². The quantitative estimate of drug-likeness (QED) is 0.502. The molecule has 0 bridgehead atoms. The number of ether oxygens (including phenoxy) is 1. The third-order valence-corrected chi connectivity index (χ3v) is 2.92. The number of esters is 1. The van der Waals surface area contributed by atoms with Crippen molar-refractivity contribution in [3.05, 3.63) is 65.9 Å². The number of hydrogen-bond donors (Lipinski definition) is 2. The molecule has 0 atom stereocenters. The van der Waals surface area contributed by atoms with E-state index in [1.807, 2.05) is 30.3 Å². The first kappa shape index (κ1) is 14.7.